The van der Waals surface area contributed by atoms with Gasteiger partial charge in [-0.1, -0.05) is 0 Å². The molecule has 0 saturated carbocycles. The van der Waals surface area contributed by atoms with Crippen LogP contribution >= 0.6 is 0 Å². The summed E-state index contributed by atoms with van der Waals surface area (Å²) in [6, 6.07) is 0. The predicted octanol–water partition coefficient (Wildman–Crippen LogP) is 1.42. The molecule has 0 aliphatic heterocycles. The van der Waals surface area contributed by atoms with E-state index in [2.05, 4.69) is 11.2 Å². The van der Waals surface area contributed by atoms with Gasteiger partial charge in [0.15, 0.2) is 0 Å². The monoisotopic (exact) mass is 210 g/mol. The molecule has 0 heterocycles. The summed E-state index contributed by atoms with van der Waals surface area (Å²) < 4.78 is 0. The zero-order chi connectivity index (χ0) is 11.7. The Labute approximate surface area is 92.8 Å². The molecule has 0 saturated heterocycles. The van der Waals surface area contributed by atoms with Crippen molar-refractivity contribution in [3.63, 3.8) is 0 Å². The summed E-state index contributed by atoms with van der Waals surface area (Å²) in [6.07, 6.45) is 9.03. The van der Waals surface area contributed by atoms with Crippen LogP contribution in [0.4, 0.5) is 0 Å². The predicted molar refractivity (Wildman–Crippen MR) is 63.2 cm³/mol. The standard InChI is InChI=1S/C12H22N2O/c1-4-5-6-7-10-14-11(15)8-9-12(2,3)13/h1H,5-10,13H2,2-3H3,(H,14,15). The van der Waals surface area contributed by atoms with Crippen LogP contribution in [0.2, 0.25) is 0 Å². The normalized spacial score (nSPS) is 10.8. The van der Waals surface area contributed by atoms with Gasteiger partial charge >= 0.3 is 0 Å². The summed E-state index contributed by atoms with van der Waals surface area (Å²) in [4.78, 5) is 11.3. The average molecular weight is 210 g/mol. The maximum Gasteiger partial charge on any atom is 0.220 e. The summed E-state index contributed by atoms with van der Waals surface area (Å²) >= 11 is 0. The first-order chi connectivity index (χ1) is 6.95. The molecule has 0 rings (SSSR count). The van der Waals surface area contributed by atoms with Crippen molar-refractivity contribution in [2.75, 3.05) is 6.54 Å². The van der Waals surface area contributed by atoms with Crippen molar-refractivity contribution in [2.24, 2.45) is 5.73 Å². The van der Waals surface area contributed by atoms with Gasteiger partial charge in [-0.15, -0.1) is 12.3 Å². The number of carbonyl (C=O) groups is 1. The fraction of sp³-hybridized carbons (Fsp3) is 0.750. The van der Waals surface area contributed by atoms with E-state index in [9.17, 15) is 4.79 Å². The molecule has 3 N–H and O–H groups in total. The average Bonchev–Trinajstić information content (AvgIpc) is 2.13. The molecular formula is C12H22N2O. The Kier molecular flexibility index (Phi) is 6.81. The minimum atomic E-state index is -0.263. The number of hydrogen-bond donors (Lipinski definition) is 2. The first-order valence-corrected chi connectivity index (χ1v) is 5.45. The molecule has 3 nitrogen and oxygen atoms in total. The summed E-state index contributed by atoms with van der Waals surface area (Å²) in [7, 11) is 0. The first kappa shape index (κ1) is 14.0. The maximum atomic E-state index is 11.3. The molecular weight excluding hydrogens is 188 g/mol. The molecule has 86 valence electrons. The number of terminal acetylenes is 1. The van der Waals surface area contributed by atoms with E-state index in [0.717, 1.165) is 19.3 Å². The Hall–Kier alpha value is -1.01. The molecule has 0 radical (unpaired) electrons. The van der Waals surface area contributed by atoms with Crippen molar-refractivity contribution >= 4 is 5.91 Å². The third-order valence-electron chi connectivity index (χ3n) is 2.07. The van der Waals surface area contributed by atoms with E-state index in [1.165, 1.54) is 0 Å². The molecule has 1 amide bonds. The highest BCUT2D eigenvalue weighted by molar-refractivity contribution is 5.75. The fourth-order valence-electron chi connectivity index (χ4n) is 1.10. The van der Waals surface area contributed by atoms with E-state index in [1.807, 2.05) is 13.8 Å². The van der Waals surface area contributed by atoms with Crippen molar-refractivity contribution in [3.05, 3.63) is 0 Å². The number of amides is 1. The van der Waals surface area contributed by atoms with Gasteiger partial charge in [-0.3, -0.25) is 4.79 Å². The number of hydrogen-bond acceptors (Lipinski definition) is 2. The second-order valence-electron chi connectivity index (χ2n) is 4.50. The van der Waals surface area contributed by atoms with Crippen LogP contribution < -0.4 is 11.1 Å². The van der Waals surface area contributed by atoms with Crippen LogP contribution in [0.1, 0.15) is 46.0 Å². The van der Waals surface area contributed by atoms with Gasteiger partial charge in [-0.25, -0.2) is 0 Å². The van der Waals surface area contributed by atoms with Crippen LogP contribution in [-0.4, -0.2) is 18.0 Å². The maximum absolute atomic E-state index is 11.3. The molecule has 0 atom stereocenters. The van der Waals surface area contributed by atoms with Crippen LogP contribution in [0, 0.1) is 12.3 Å². The van der Waals surface area contributed by atoms with Gasteiger partial charge in [0.1, 0.15) is 0 Å². The highest BCUT2D eigenvalue weighted by Crippen LogP contribution is 2.06. The number of nitrogens with one attached hydrogen (secondary N) is 1. The van der Waals surface area contributed by atoms with Crippen LogP contribution in [0.25, 0.3) is 0 Å². The zero-order valence-electron chi connectivity index (χ0n) is 9.81. The molecule has 0 bridgehead atoms. The van der Waals surface area contributed by atoms with Crippen molar-refractivity contribution in [1.82, 2.24) is 5.32 Å². The van der Waals surface area contributed by atoms with Gasteiger partial charge < -0.3 is 11.1 Å². The Morgan fingerprint density at radius 1 is 1.47 bits per heavy atom. The second kappa shape index (κ2) is 7.30. The van der Waals surface area contributed by atoms with Gasteiger partial charge in [-0.2, -0.15) is 0 Å². The minimum absolute atomic E-state index is 0.0780. The summed E-state index contributed by atoms with van der Waals surface area (Å²) in [6.45, 7) is 4.56. The Morgan fingerprint density at radius 3 is 2.67 bits per heavy atom. The second-order valence-corrected chi connectivity index (χ2v) is 4.50. The number of nitrogens with two attached hydrogens (primary N) is 1. The topological polar surface area (TPSA) is 55.1 Å². The quantitative estimate of drug-likeness (QED) is 0.493. The lowest BCUT2D eigenvalue weighted by Gasteiger charge is -2.17. The summed E-state index contributed by atoms with van der Waals surface area (Å²) in [5.74, 6) is 2.65. The lowest BCUT2D eigenvalue weighted by molar-refractivity contribution is -0.121. The highest BCUT2D eigenvalue weighted by atomic mass is 16.1. The molecule has 15 heavy (non-hydrogen) atoms. The van der Waals surface area contributed by atoms with Gasteiger partial charge in [0.05, 0.1) is 0 Å². The van der Waals surface area contributed by atoms with Crippen molar-refractivity contribution < 1.29 is 4.79 Å². The van der Waals surface area contributed by atoms with Gasteiger partial charge in [0.2, 0.25) is 5.91 Å². The smallest absolute Gasteiger partial charge is 0.220 e. The van der Waals surface area contributed by atoms with Crippen LogP contribution in [-0.2, 0) is 4.79 Å². The third kappa shape index (κ3) is 10.9. The van der Waals surface area contributed by atoms with E-state index < -0.39 is 0 Å². The van der Waals surface area contributed by atoms with E-state index in [1.54, 1.807) is 0 Å². The zero-order valence-corrected chi connectivity index (χ0v) is 9.81. The Balaban J connectivity index is 3.39. The molecule has 0 aromatic carbocycles. The number of rotatable bonds is 7. The van der Waals surface area contributed by atoms with Crippen LogP contribution in [0.15, 0.2) is 0 Å². The van der Waals surface area contributed by atoms with Gasteiger partial charge in [0.25, 0.3) is 0 Å². The molecule has 0 aliphatic carbocycles. The molecule has 0 aliphatic rings. The summed E-state index contributed by atoms with van der Waals surface area (Å²) in [5.41, 5.74) is 5.51. The van der Waals surface area contributed by atoms with E-state index in [0.29, 0.717) is 19.4 Å². The summed E-state index contributed by atoms with van der Waals surface area (Å²) in [5, 5.41) is 2.85. The number of carbonyl (C=O) groups excluding carboxylic acids is 1. The molecule has 0 fully saturated rings. The number of unbranched alkanes of at least 4 members (excludes halogenated alkanes) is 2. The molecule has 3 heteroatoms. The largest absolute Gasteiger partial charge is 0.356 e. The molecule has 0 aromatic heterocycles. The van der Waals surface area contributed by atoms with Crippen molar-refractivity contribution in [2.45, 2.75) is 51.5 Å². The molecule has 0 spiro atoms. The Morgan fingerprint density at radius 2 is 2.13 bits per heavy atom. The SMILES string of the molecule is C#CCCCCNC(=O)CCC(C)(C)N. The van der Waals surface area contributed by atoms with Crippen molar-refractivity contribution in [1.29, 1.82) is 0 Å². The lowest BCUT2D eigenvalue weighted by Crippen LogP contribution is -2.34. The van der Waals surface area contributed by atoms with Crippen LogP contribution in [0.3, 0.4) is 0 Å². The minimum Gasteiger partial charge on any atom is -0.356 e. The lowest BCUT2D eigenvalue weighted by atomic mass is 10.00. The van der Waals surface area contributed by atoms with Crippen LogP contribution in [0.5, 0.6) is 0 Å². The highest BCUT2D eigenvalue weighted by Gasteiger charge is 2.12. The Bertz CT molecular complexity index is 223. The van der Waals surface area contributed by atoms with Crippen molar-refractivity contribution in [3.8, 4) is 12.3 Å². The fourth-order valence-corrected chi connectivity index (χ4v) is 1.10. The van der Waals surface area contributed by atoms with E-state index in [4.69, 9.17) is 12.2 Å². The molecule has 0 unspecified atom stereocenters. The van der Waals surface area contributed by atoms with Gasteiger partial charge in [0, 0.05) is 24.9 Å². The van der Waals surface area contributed by atoms with E-state index >= 15 is 0 Å². The van der Waals surface area contributed by atoms with Gasteiger partial charge in [-0.05, 0) is 33.1 Å². The van der Waals surface area contributed by atoms with E-state index in [-0.39, 0.29) is 11.4 Å². The molecule has 0 aromatic rings. The third-order valence-corrected chi connectivity index (χ3v) is 2.07. The first-order valence-electron chi connectivity index (χ1n) is 5.45.